The second-order valence-electron chi connectivity index (χ2n) is 5.56. The maximum atomic E-state index is 5.81. The summed E-state index contributed by atoms with van der Waals surface area (Å²) >= 11 is 0. The Morgan fingerprint density at radius 2 is 1.95 bits per heavy atom. The predicted molar refractivity (Wildman–Crippen MR) is 84.5 cm³/mol. The number of epoxide rings is 1. The summed E-state index contributed by atoms with van der Waals surface area (Å²) in [7, 11) is 0. The van der Waals surface area contributed by atoms with E-state index in [-0.39, 0.29) is 12.2 Å². The molecule has 1 fully saturated rings. The first-order chi connectivity index (χ1) is 10.8. The summed E-state index contributed by atoms with van der Waals surface area (Å²) < 4.78 is 5.81. The molecule has 2 unspecified atom stereocenters. The molecule has 0 amide bonds. The van der Waals surface area contributed by atoms with Gasteiger partial charge in [0.2, 0.25) is 0 Å². The molecule has 1 aromatic carbocycles. The summed E-state index contributed by atoms with van der Waals surface area (Å²) in [5, 5.41) is 1.08. The number of aryl methyl sites for hydroxylation is 1. The van der Waals surface area contributed by atoms with Crippen LogP contribution in [0.15, 0.2) is 48.8 Å². The van der Waals surface area contributed by atoms with E-state index < -0.39 is 0 Å². The van der Waals surface area contributed by atoms with E-state index in [4.69, 9.17) is 9.72 Å². The number of nitrogens with zero attached hydrogens (tertiary/aromatic N) is 3. The Kier molecular flexibility index (Phi) is 3.31. The SMILES string of the molecule is CCc1nc(C2OC2Cc2ccccc2)nc2cnccc12. The average molecular weight is 291 g/mol. The third kappa shape index (κ3) is 2.46. The number of fused-ring (bicyclic) bond motifs is 1. The fourth-order valence-corrected chi connectivity index (χ4v) is 2.83. The molecule has 2 atom stereocenters. The maximum absolute atomic E-state index is 5.81. The molecule has 1 aliphatic rings. The van der Waals surface area contributed by atoms with Gasteiger partial charge < -0.3 is 4.74 Å². The second-order valence-corrected chi connectivity index (χ2v) is 5.56. The highest BCUT2D eigenvalue weighted by Crippen LogP contribution is 2.39. The summed E-state index contributed by atoms with van der Waals surface area (Å²) in [6.07, 6.45) is 5.56. The van der Waals surface area contributed by atoms with Gasteiger partial charge in [-0.25, -0.2) is 9.97 Å². The zero-order valence-corrected chi connectivity index (χ0v) is 12.4. The van der Waals surface area contributed by atoms with Crippen LogP contribution in [0.25, 0.3) is 10.9 Å². The van der Waals surface area contributed by atoms with Crippen molar-refractivity contribution in [2.24, 2.45) is 0 Å². The van der Waals surface area contributed by atoms with Gasteiger partial charge in [0.25, 0.3) is 0 Å². The van der Waals surface area contributed by atoms with E-state index in [1.54, 1.807) is 12.4 Å². The van der Waals surface area contributed by atoms with Gasteiger partial charge in [-0.1, -0.05) is 37.3 Å². The van der Waals surface area contributed by atoms with E-state index in [9.17, 15) is 0 Å². The molecule has 1 saturated heterocycles. The highest BCUT2D eigenvalue weighted by Gasteiger charge is 2.42. The highest BCUT2D eigenvalue weighted by atomic mass is 16.6. The van der Waals surface area contributed by atoms with Crippen LogP contribution < -0.4 is 0 Å². The van der Waals surface area contributed by atoms with Crippen molar-refractivity contribution in [2.45, 2.75) is 32.0 Å². The zero-order valence-electron chi connectivity index (χ0n) is 12.4. The van der Waals surface area contributed by atoms with Gasteiger partial charge in [-0.2, -0.15) is 0 Å². The lowest BCUT2D eigenvalue weighted by molar-refractivity contribution is 0.367. The molecule has 0 bridgehead atoms. The third-order valence-corrected chi connectivity index (χ3v) is 4.05. The molecule has 0 spiro atoms. The molecule has 110 valence electrons. The normalized spacial score (nSPS) is 20.2. The van der Waals surface area contributed by atoms with Crippen LogP contribution in [-0.4, -0.2) is 21.1 Å². The quantitative estimate of drug-likeness (QED) is 0.692. The van der Waals surface area contributed by atoms with Crippen molar-refractivity contribution in [3.8, 4) is 0 Å². The number of ether oxygens (including phenoxy) is 1. The number of benzene rings is 1. The number of hydrogen-bond donors (Lipinski definition) is 0. The number of aromatic nitrogens is 3. The smallest absolute Gasteiger partial charge is 0.160 e. The van der Waals surface area contributed by atoms with Gasteiger partial charge >= 0.3 is 0 Å². The highest BCUT2D eigenvalue weighted by molar-refractivity contribution is 5.79. The molecular formula is C18H17N3O. The van der Waals surface area contributed by atoms with Gasteiger partial charge in [0.05, 0.1) is 23.5 Å². The average Bonchev–Trinajstić information content (AvgIpc) is 3.34. The van der Waals surface area contributed by atoms with Crippen LogP contribution in [-0.2, 0) is 17.6 Å². The Hall–Kier alpha value is -2.33. The van der Waals surface area contributed by atoms with E-state index in [0.29, 0.717) is 0 Å². The van der Waals surface area contributed by atoms with Gasteiger partial charge in [-0.3, -0.25) is 4.98 Å². The van der Waals surface area contributed by atoms with E-state index in [2.05, 4.69) is 41.2 Å². The lowest BCUT2D eigenvalue weighted by Gasteiger charge is -2.05. The number of rotatable bonds is 4. The van der Waals surface area contributed by atoms with Gasteiger partial charge in [0, 0.05) is 18.0 Å². The molecule has 3 heterocycles. The molecule has 3 aromatic rings. The van der Waals surface area contributed by atoms with Crippen LogP contribution >= 0.6 is 0 Å². The Morgan fingerprint density at radius 3 is 2.77 bits per heavy atom. The van der Waals surface area contributed by atoms with Crippen LogP contribution in [0.1, 0.15) is 30.1 Å². The molecule has 0 N–H and O–H groups in total. The van der Waals surface area contributed by atoms with Crippen molar-refractivity contribution in [1.29, 1.82) is 0 Å². The van der Waals surface area contributed by atoms with Crippen molar-refractivity contribution in [3.63, 3.8) is 0 Å². The van der Waals surface area contributed by atoms with Crippen molar-refractivity contribution in [2.75, 3.05) is 0 Å². The molecule has 1 aliphatic heterocycles. The standard InChI is InChI=1S/C18H17N3O/c1-2-14-13-8-9-19-11-15(13)21-18(20-14)17-16(22-17)10-12-6-4-3-5-7-12/h3-9,11,16-17H,2,10H2,1H3. The fourth-order valence-electron chi connectivity index (χ4n) is 2.83. The van der Waals surface area contributed by atoms with Gasteiger partial charge in [-0.15, -0.1) is 0 Å². The molecule has 4 rings (SSSR count). The Balaban J connectivity index is 1.60. The van der Waals surface area contributed by atoms with Crippen LogP contribution in [0.5, 0.6) is 0 Å². The summed E-state index contributed by atoms with van der Waals surface area (Å²) in [5.41, 5.74) is 3.25. The van der Waals surface area contributed by atoms with Gasteiger partial charge in [0.15, 0.2) is 5.82 Å². The molecular weight excluding hydrogens is 274 g/mol. The molecule has 0 aliphatic carbocycles. The molecule has 22 heavy (non-hydrogen) atoms. The maximum Gasteiger partial charge on any atom is 0.160 e. The van der Waals surface area contributed by atoms with E-state index in [1.807, 2.05) is 12.1 Å². The van der Waals surface area contributed by atoms with Crippen molar-refractivity contribution >= 4 is 10.9 Å². The van der Waals surface area contributed by atoms with Crippen LogP contribution in [0.3, 0.4) is 0 Å². The summed E-state index contributed by atoms with van der Waals surface area (Å²) in [4.78, 5) is 13.5. The Morgan fingerprint density at radius 1 is 1.09 bits per heavy atom. The minimum Gasteiger partial charge on any atom is -0.361 e. The molecule has 4 nitrogen and oxygen atoms in total. The fraction of sp³-hybridized carbons (Fsp3) is 0.278. The minimum atomic E-state index is 0.00936. The van der Waals surface area contributed by atoms with Crippen molar-refractivity contribution < 1.29 is 4.74 Å². The second kappa shape index (κ2) is 5.46. The zero-order chi connectivity index (χ0) is 14.9. The van der Waals surface area contributed by atoms with E-state index >= 15 is 0 Å². The van der Waals surface area contributed by atoms with Gasteiger partial charge in [-0.05, 0) is 18.1 Å². The van der Waals surface area contributed by atoms with E-state index in [0.717, 1.165) is 35.3 Å². The largest absolute Gasteiger partial charge is 0.361 e. The lowest BCUT2D eigenvalue weighted by atomic mass is 10.1. The Bertz CT molecular complexity index is 804. The van der Waals surface area contributed by atoms with Gasteiger partial charge in [0.1, 0.15) is 6.10 Å². The summed E-state index contributed by atoms with van der Waals surface area (Å²) in [5.74, 6) is 0.790. The van der Waals surface area contributed by atoms with Crippen LogP contribution in [0.2, 0.25) is 0 Å². The summed E-state index contributed by atoms with van der Waals surface area (Å²) in [6, 6.07) is 12.4. The Labute approximate surface area is 129 Å². The van der Waals surface area contributed by atoms with Crippen molar-refractivity contribution in [1.82, 2.24) is 15.0 Å². The third-order valence-electron chi connectivity index (χ3n) is 4.05. The van der Waals surface area contributed by atoms with Crippen molar-refractivity contribution in [3.05, 3.63) is 65.9 Å². The van der Waals surface area contributed by atoms with Crippen LogP contribution in [0, 0.1) is 0 Å². The summed E-state index contributed by atoms with van der Waals surface area (Å²) in [6.45, 7) is 2.11. The number of pyridine rings is 1. The first-order valence-corrected chi connectivity index (χ1v) is 7.65. The molecule has 2 aromatic heterocycles. The minimum absolute atomic E-state index is 0.00936. The molecule has 4 heteroatoms. The number of hydrogen-bond acceptors (Lipinski definition) is 4. The van der Waals surface area contributed by atoms with Crippen LogP contribution in [0.4, 0.5) is 0 Å². The molecule has 0 radical (unpaired) electrons. The first kappa shape index (κ1) is 13.3. The topological polar surface area (TPSA) is 51.2 Å². The van der Waals surface area contributed by atoms with E-state index in [1.165, 1.54) is 5.56 Å². The first-order valence-electron chi connectivity index (χ1n) is 7.65. The monoisotopic (exact) mass is 291 g/mol. The predicted octanol–water partition coefficient (Wildman–Crippen LogP) is 3.27. The lowest BCUT2D eigenvalue weighted by Crippen LogP contribution is -2.03. The molecule has 0 saturated carbocycles.